The number of benzene rings is 2. The van der Waals surface area contributed by atoms with Gasteiger partial charge in [-0.2, -0.15) is 0 Å². The minimum absolute atomic E-state index is 0.0733. The molecule has 2 amide bonds. The number of nitrogens with one attached hydrogen (secondary N) is 1. The highest BCUT2D eigenvalue weighted by atomic mass is 19.1. The van der Waals surface area contributed by atoms with Gasteiger partial charge < -0.3 is 10.2 Å². The van der Waals surface area contributed by atoms with Crippen molar-refractivity contribution >= 4 is 11.8 Å². The zero-order valence-corrected chi connectivity index (χ0v) is 14.0. The summed E-state index contributed by atoms with van der Waals surface area (Å²) < 4.78 is 25.8. The number of carbonyl (C=O) groups excluding carboxylic acids is 2. The summed E-state index contributed by atoms with van der Waals surface area (Å²) in [4.78, 5) is 25.1. The molecule has 0 heterocycles. The second kappa shape index (κ2) is 8.92. The Bertz CT molecular complexity index is 715. The Labute approximate surface area is 145 Å². The van der Waals surface area contributed by atoms with Crippen LogP contribution in [0, 0.1) is 11.6 Å². The van der Waals surface area contributed by atoms with Crippen molar-refractivity contribution < 1.29 is 18.4 Å². The molecule has 2 aromatic carbocycles. The summed E-state index contributed by atoms with van der Waals surface area (Å²) in [5.74, 6) is -1.17. The fourth-order valence-corrected chi connectivity index (χ4v) is 2.32. The molecule has 0 aliphatic heterocycles. The predicted octanol–water partition coefficient (Wildman–Crippen LogP) is 2.67. The molecular formula is C19H20F2N2O2. The average Bonchev–Trinajstić information content (AvgIpc) is 2.58. The Balaban J connectivity index is 1.82. The summed E-state index contributed by atoms with van der Waals surface area (Å²) >= 11 is 0. The first kappa shape index (κ1) is 18.6. The van der Waals surface area contributed by atoms with Crippen LogP contribution in [0.4, 0.5) is 8.78 Å². The van der Waals surface area contributed by atoms with Crippen molar-refractivity contribution in [2.24, 2.45) is 0 Å². The summed E-state index contributed by atoms with van der Waals surface area (Å²) in [7, 11) is 0. The normalized spacial score (nSPS) is 10.4. The van der Waals surface area contributed by atoms with Gasteiger partial charge >= 0.3 is 0 Å². The van der Waals surface area contributed by atoms with E-state index in [1.54, 1.807) is 24.3 Å². The topological polar surface area (TPSA) is 49.4 Å². The Kier molecular flexibility index (Phi) is 6.62. The van der Waals surface area contributed by atoms with E-state index in [1.165, 1.54) is 36.1 Å². The maximum Gasteiger partial charge on any atom is 0.239 e. The van der Waals surface area contributed by atoms with Gasteiger partial charge in [0.25, 0.3) is 0 Å². The fourth-order valence-electron chi connectivity index (χ4n) is 2.32. The molecule has 0 fully saturated rings. The molecule has 0 spiro atoms. The average molecular weight is 346 g/mol. The predicted molar refractivity (Wildman–Crippen MR) is 90.6 cm³/mol. The lowest BCUT2D eigenvalue weighted by Gasteiger charge is -2.20. The lowest BCUT2D eigenvalue weighted by atomic mass is 10.1. The molecule has 2 rings (SSSR count). The van der Waals surface area contributed by atoms with E-state index in [2.05, 4.69) is 5.32 Å². The molecule has 2 aromatic rings. The van der Waals surface area contributed by atoms with Gasteiger partial charge in [0.15, 0.2) is 0 Å². The molecule has 0 unspecified atom stereocenters. The van der Waals surface area contributed by atoms with Crippen LogP contribution >= 0.6 is 0 Å². The summed E-state index contributed by atoms with van der Waals surface area (Å²) in [5, 5.41) is 2.74. The van der Waals surface area contributed by atoms with Gasteiger partial charge in [0, 0.05) is 20.0 Å². The van der Waals surface area contributed by atoms with Gasteiger partial charge in [0.05, 0.1) is 6.54 Å². The third kappa shape index (κ3) is 6.33. The third-order valence-electron chi connectivity index (χ3n) is 3.72. The first-order chi connectivity index (χ1) is 11.9. The highest BCUT2D eigenvalue weighted by Crippen LogP contribution is 2.07. The van der Waals surface area contributed by atoms with Gasteiger partial charge in [-0.05, 0) is 41.8 Å². The number of halogens is 2. The molecular weight excluding hydrogens is 326 g/mol. The van der Waals surface area contributed by atoms with Gasteiger partial charge in [-0.3, -0.25) is 9.59 Å². The van der Waals surface area contributed by atoms with Crippen LogP contribution in [0.3, 0.4) is 0 Å². The van der Waals surface area contributed by atoms with E-state index < -0.39 is 0 Å². The molecule has 0 atom stereocenters. The van der Waals surface area contributed by atoms with Crippen LogP contribution in [-0.4, -0.2) is 29.8 Å². The number of rotatable bonds is 7. The zero-order valence-electron chi connectivity index (χ0n) is 14.0. The third-order valence-corrected chi connectivity index (χ3v) is 3.72. The molecule has 0 aromatic heterocycles. The lowest BCUT2D eigenvalue weighted by molar-refractivity contribution is -0.134. The Morgan fingerprint density at radius 3 is 1.96 bits per heavy atom. The van der Waals surface area contributed by atoms with Crippen LogP contribution in [0.1, 0.15) is 18.1 Å². The second-order valence-corrected chi connectivity index (χ2v) is 5.73. The molecule has 0 radical (unpaired) electrons. The molecule has 0 saturated carbocycles. The van der Waals surface area contributed by atoms with Crippen LogP contribution in [0.25, 0.3) is 0 Å². The highest BCUT2D eigenvalue weighted by molar-refractivity contribution is 5.83. The van der Waals surface area contributed by atoms with Crippen LogP contribution in [0.2, 0.25) is 0 Å². The van der Waals surface area contributed by atoms with Gasteiger partial charge in [0.1, 0.15) is 11.6 Å². The van der Waals surface area contributed by atoms with Crippen molar-refractivity contribution in [1.29, 1.82) is 0 Å². The minimum Gasteiger partial charge on any atom is -0.354 e. The summed E-state index contributed by atoms with van der Waals surface area (Å²) in [6, 6.07) is 11.9. The molecule has 0 saturated heterocycles. The van der Waals surface area contributed by atoms with Crippen molar-refractivity contribution in [3.05, 3.63) is 71.3 Å². The van der Waals surface area contributed by atoms with Gasteiger partial charge in [-0.25, -0.2) is 8.78 Å². The van der Waals surface area contributed by atoms with Crippen molar-refractivity contribution in [3.63, 3.8) is 0 Å². The minimum atomic E-state index is -0.350. The van der Waals surface area contributed by atoms with E-state index >= 15 is 0 Å². The fraction of sp³-hybridized carbons (Fsp3) is 0.263. The molecule has 0 aliphatic carbocycles. The molecule has 0 aliphatic rings. The largest absolute Gasteiger partial charge is 0.354 e. The molecule has 0 bridgehead atoms. The Morgan fingerprint density at radius 1 is 0.920 bits per heavy atom. The van der Waals surface area contributed by atoms with Gasteiger partial charge in [-0.1, -0.05) is 24.3 Å². The zero-order chi connectivity index (χ0) is 18.2. The summed E-state index contributed by atoms with van der Waals surface area (Å²) in [5.41, 5.74) is 1.66. The smallest absolute Gasteiger partial charge is 0.239 e. The van der Waals surface area contributed by atoms with Gasteiger partial charge in [0.2, 0.25) is 11.8 Å². The van der Waals surface area contributed by atoms with Gasteiger partial charge in [-0.15, -0.1) is 0 Å². The number of hydrogen-bond donors (Lipinski definition) is 1. The second-order valence-electron chi connectivity index (χ2n) is 5.73. The lowest BCUT2D eigenvalue weighted by Crippen LogP contribution is -2.39. The first-order valence-electron chi connectivity index (χ1n) is 7.95. The van der Waals surface area contributed by atoms with E-state index in [9.17, 15) is 18.4 Å². The molecule has 6 heteroatoms. The Morgan fingerprint density at radius 2 is 1.44 bits per heavy atom. The van der Waals surface area contributed by atoms with Crippen molar-refractivity contribution in [3.8, 4) is 0 Å². The van der Waals surface area contributed by atoms with Crippen LogP contribution in [0.15, 0.2) is 48.5 Å². The van der Waals surface area contributed by atoms with Crippen molar-refractivity contribution in [1.82, 2.24) is 10.2 Å². The van der Waals surface area contributed by atoms with E-state index in [4.69, 9.17) is 0 Å². The molecule has 132 valence electrons. The highest BCUT2D eigenvalue weighted by Gasteiger charge is 2.14. The quantitative estimate of drug-likeness (QED) is 0.838. The van der Waals surface area contributed by atoms with E-state index in [0.29, 0.717) is 13.0 Å². The maximum absolute atomic E-state index is 12.9. The first-order valence-corrected chi connectivity index (χ1v) is 7.95. The Hall–Kier alpha value is -2.76. The van der Waals surface area contributed by atoms with Crippen LogP contribution < -0.4 is 5.32 Å². The van der Waals surface area contributed by atoms with E-state index in [1.807, 2.05) is 0 Å². The van der Waals surface area contributed by atoms with Crippen molar-refractivity contribution in [2.45, 2.75) is 19.9 Å². The monoisotopic (exact) mass is 346 g/mol. The standard InChI is InChI=1S/C19H20F2N2O2/c1-14(24)23(12-16-4-8-18(21)9-5-16)13-19(25)22-11-10-15-2-6-17(20)7-3-15/h2-9H,10-13H2,1H3,(H,22,25). The number of hydrogen-bond acceptors (Lipinski definition) is 2. The SMILES string of the molecule is CC(=O)N(CC(=O)NCCc1ccc(F)cc1)Cc1ccc(F)cc1. The van der Waals surface area contributed by atoms with Crippen LogP contribution in [0.5, 0.6) is 0 Å². The van der Waals surface area contributed by atoms with Crippen molar-refractivity contribution in [2.75, 3.05) is 13.1 Å². The van der Waals surface area contributed by atoms with Crippen LogP contribution in [-0.2, 0) is 22.6 Å². The molecule has 4 nitrogen and oxygen atoms in total. The van der Waals surface area contributed by atoms with E-state index in [0.717, 1.165) is 11.1 Å². The number of nitrogens with zero attached hydrogens (tertiary/aromatic N) is 1. The summed E-state index contributed by atoms with van der Waals surface area (Å²) in [6.45, 7) is 1.94. The summed E-state index contributed by atoms with van der Waals surface area (Å²) in [6.07, 6.45) is 0.573. The molecule has 25 heavy (non-hydrogen) atoms. The van der Waals surface area contributed by atoms with E-state index in [-0.39, 0.29) is 36.5 Å². The maximum atomic E-state index is 12.9. The molecule has 1 N–H and O–H groups in total. The number of amides is 2. The number of carbonyl (C=O) groups is 2.